The van der Waals surface area contributed by atoms with E-state index in [1.165, 1.54) is 0 Å². The van der Waals surface area contributed by atoms with Crippen LogP contribution in [0.25, 0.3) is 0 Å². The SMILES string of the molecule is O=[C-]CC1[CH-]CC/C=C/CC1.[Y]. The topological polar surface area (TPSA) is 17.1 Å². The minimum atomic E-state index is 0. The van der Waals surface area contributed by atoms with Gasteiger partial charge >= 0.3 is 0 Å². The number of hydrogen-bond donors (Lipinski definition) is 0. The van der Waals surface area contributed by atoms with Crippen molar-refractivity contribution in [2.75, 3.05) is 0 Å². The number of hydrogen-bond acceptors (Lipinski definition) is 1. The Kier molecular flexibility index (Phi) is 8.48. The summed E-state index contributed by atoms with van der Waals surface area (Å²) in [6, 6.07) is 0. The maximum atomic E-state index is 10.1. The maximum Gasteiger partial charge on any atom is 0 e. The molecule has 0 amide bonds. The van der Waals surface area contributed by atoms with Crippen molar-refractivity contribution in [3.8, 4) is 0 Å². The Morgan fingerprint density at radius 1 is 1.42 bits per heavy atom. The summed E-state index contributed by atoms with van der Waals surface area (Å²) in [7, 11) is 0. The third kappa shape index (κ3) is 5.21. The molecule has 0 N–H and O–H groups in total. The van der Waals surface area contributed by atoms with Crippen LogP contribution in [0.5, 0.6) is 0 Å². The number of allylic oxidation sites excluding steroid dienone is 2. The van der Waals surface area contributed by atoms with Crippen molar-refractivity contribution in [3.05, 3.63) is 18.6 Å². The van der Waals surface area contributed by atoms with Crippen molar-refractivity contribution in [1.82, 2.24) is 0 Å². The number of rotatable bonds is 2. The van der Waals surface area contributed by atoms with E-state index < -0.39 is 0 Å². The van der Waals surface area contributed by atoms with Gasteiger partial charge in [0.15, 0.2) is 0 Å². The summed E-state index contributed by atoms with van der Waals surface area (Å²) in [5, 5.41) is 0. The molecule has 12 heavy (non-hydrogen) atoms. The van der Waals surface area contributed by atoms with Crippen LogP contribution in [0.1, 0.15) is 32.1 Å². The smallest absolute Gasteiger partial charge is 0 e. The van der Waals surface area contributed by atoms with Gasteiger partial charge in [0.05, 0.1) is 0 Å². The van der Waals surface area contributed by atoms with Crippen LogP contribution in [0, 0.1) is 12.3 Å². The standard InChI is InChI=1S/C10H14O.Y/c11-9-8-10-6-4-2-1-3-5-7-10;/h1-2,7,10H,3-6,8H2;/q-2;/b2-1+;. The van der Waals surface area contributed by atoms with Gasteiger partial charge in [-0.3, -0.25) is 6.29 Å². The van der Waals surface area contributed by atoms with E-state index in [4.69, 9.17) is 0 Å². The molecule has 0 fully saturated rings. The van der Waals surface area contributed by atoms with E-state index in [0.29, 0.717) is 12.3 Å². The van der Waals surface area contributed by atoms with Gasteiger partial charge in [-0.1, -0.05) is 25.0 Å². The van der Waals surface area contributed by atoms with Gasteiger partial charge in [-0.05, 0) is 6.42 Å². The Labute approximate surface area is 99.9 Å². The second-order valence-electron chi connectivity index (χ2n) is 2.97. The van der Waals surface area contributed by atoms with E-state index in [1.54, 1.807) is 0 Å². The average molecular weight is 239 g/mol. The molecule has 65 valence electrons. The summed E-state index contributed by atoms with van der Waals surface area (Å²) in [6.45, 7) is 0. The minimum Gasteiger partial charge on any atom is -0.542 e. The quantitative estimate of drug-likeness (QED) is 0.534. The van der Waals surface area contributed by atoms with Crippen LogP contribution in [0.4, 0.5) is 0 Å². The monoisotopic (exact) mass is 239 g/mol. The Bertz CT molecular complexity index is 143. The molecule has 1 atom stereocenters. The minimum absolute atomic E-state index is 0. The normalized spacial score (nSPS) is 26.2. The summed E-state index contributed by atoms with van der Waals surface area (Å²) in [5.74, 6) is 0.484. The summed E-state index contributed by atoms with van der Waals surface area (Å²) in [4.78, 5) is 10.1. The molecule has 0 bridgehead atoms. The zero-order valence-electron chi connectivity index (χ0n) is 7.33. The molecule has 1 aliphatic rings. The average Bonchev–Trinajstić information content (AvgIpc) is 1.94. The maximum absolute atomic E-state index is 10.1. The van der Waals surface area contributed by atoms with E-state index in [1.807, 2.05) is 6.29 Å². The van der Waals surface area contributed by atoms with Crippen molar-refractivity contribution < 1.29 is 37.5 Å². The van der Waals surface area contributed by atoms with Crippen LogP contribution < -0.4 is 0 Å². The molecule has 1 nitrogen and oxygen atoms in total. The Morgan fingerprint density at radius 2 is 2.17 bits per heavy atom. The summed E-state index contributed by atoms with van der Waals surface area (Å²) < 4.78 is 0. The van der Waals surface area contributed by atoms with Gasteiger partial charge in [0.1, 0.15) is 0 Å². The molecular weight excluding hydrogens is 225 g/mol. The zero-order valence-corrected chi connectivity index (χ0v) is 10.2. The van der Waals surface area contributed by atoms with Crippen molar-refractivity contribution in [2.45, 2.75) is 32.1 Å². The van der Waals surface area contributed by atoms with E-state index in [-0.39, 0.29) is 32.7 Å². The first-order valence-corrected chi connectivity index (χ1v) is 4.27. The van der Waals surface area contributed by atoms with Crippen LogP contribution in [-0.4, -0.2) is 6.29 Å². The summed E-state index contributed by atoms with van der Waals surface area (Å²) >= 11 is 0. The molecule has 1 aliphatic carbocycles. The van der Waals surface area contributed by atoms with Crippen LogP contribution in [0.3, 0.4) is 0 Å². The van der Waals surface area contributed by atoms with Gasteiger partial charge in [0.25, 0.3) is 0 Å². The molecule has 0 saturated heterocycles. The molecule has 0 aliphatic heterocycles. The third-order valence-corrected chi connectivity index (χ3v) is 2.05. The molecule has 0 aromatic heterocycles. The second kappa shape index (κ2) is 8.13. The van der Waals surface area contributed by atoms with Crippen LogP contribution in [-0.2, 0) is 37.5 Å². The van der Waals surface area contributed by atoms with E-state index in [9.17, 15) is 4.79 Å². The molecule has 1 rings (SSSR count). The molecule has 1 radical (unpaired) electrons. The Morgan fingerprint density at radius 3 is 2.92 bits per heavy atom. The van der Waals surface area contributed by atoms with Crippen molar-refractivity contribution >= 4 is 6.29 Å². The van der Waals surface area contributed by atoms with Crippen LogP contribution in [0.2, 0.25) is 0 Å². The fourth-order valence-electron chi connectivity index (χ4n) is 1.38. The zero-order chi connectivity index (χ0) is 7.94. The molecule has 0 aromatic rings. The van der Waals surface area contributed by atoms with Gasteiger partial charge < -0.3 is 11.2 Å². The second-order valence-corrected chi connectivity index (χ2v) is 2.97. The first-order chi connectivity index (χ1) is 5.43. The molecule has 2 heteroatoms. The van der Waals surface area contributed by atoms with Gasteiger partial charge in [-0.15, -0.1) is 0 Å². The summed E-state index contributed by atoms with van der Waals surface area (Å²) in [5.41, 5.74) is 0. The molecule has 0 aromatic carbocycles. The first-order valence-electron chi connectivity index (χ1n) is 4.27. The molecular formula is C10H14OY-2. The van der Waals surface area contributed by atoms with Crippen molar-refractivity contribution in [3.63, 3.8) is 0 Å². The largest absolute Gasteiger partial charge is 0.542 e. The van der Waals surface area contributed by atoms with Crippen LogP contribution >= 0.6 is 0 Å². The predicted molar refractivity (Wildman–Crippen MR) is 45.7 cm³/mol. The number of carbonyl (C=O) groups excluding carboxylic acids is 1. The van der Waals surface area contributed by atoms with E-state index in [2.05, 4.69) is 18.6 Å². The van der Waals surface area contributed by atoms with Gasteiger partial charge in [0.2, 0.25) is 0 Å². The van der Waals surface area contributed by atoms with Crippen LogP contribution in [0.15, 0.2) is 12.2 Å². The van der Waals surface area contributed by atoms with E-state index in [0.717, 1.165) is 25.7 Å². The fraction of sp³-hybridized carbons (Fsp3) is 0.600. The Balaban J connectivity index is 0.00000121. The third-order valence-electron chi connectivity index (χ3n) is 2.05. The molecule has 1 unspecified atom stereocenters. The van der Waals surface area contributed by atoms with E-state index >= 15 is 0 Å². The van der Waals surface area contributed by atoms with Gasteiger partial charge in [0, 0.05) is 32.7 Å². The van der Waals surface area contributed by atoms with Gasteiger partial charge in [-0.25, -0.2) is 0 Å². The molecule has 0 heterocycles. The summed E-state index contributed by atoms with van der Waals surface area (Å²) in [6.07, 6.45) is 13.7. The van der Waals surface area contributed by atoms with Gasteiger partial charge in [-0.2, -0.15) is 18.8 Å². The Hall–Kier alpha value is 0.514. The molecule has 0 saturated carbocycles. The first kappa shape index (κ1) is 12.5. The molecule has 0 spiro atoms. The predicted octanol–water partition coefficient (Wildman–Crippen LogP) is 2.43. The van der Waals surface area contributed by atoms with Crippen molar-refractivity contribution in [2.24, 2.45) is 5.92 Å². The van der Waals surface area contributed by atoms with Crippen molar-refractivity contribution in [1.29, 1.82) is 0 Å². The fourth-order valence-corrected chi connectivity index (χ4v) is 1.38.